The minimum Gasteiger partial charge on any atom is -0.354 e. The molecule has 25 heavy (non-hydrogen) atoms. The van der Waals surface area contributed by atoms with Gasteiger partial charge in [-0.1, -0.05) is 54.1 Å². The Hall–Kier alpha value is -2.17. The minimum absolute atomic E-state index is 0.104. The summed E-state index contributed by atoms with van der Waals surface area (Å²) in [4.78, 5) is 14.6. The van der Waals surface area contributed by atoms with Crippen LogP contribution in [0.5, 0.6) is 0 Å². The van der Waals surface area contributed by atoms with E-state index in [1.165, 1.54) is 16.7 Å². The van der Waals surface area contributed by atoms with Crippen LogP contribution in [0, 0.1) is 6.92 Å². The van der Waals surface area contributed by atoms with E-state index in [0.29, 0.717) is 6.54 Å². The standard InChI is InChI=1S/C21H27N3O/c1-16-7-9-18(10-8-16)20(22)21(25)23-12-4-13-24-14-11-17-5-2-3-6-19(17)15-24/h2-3,5-10,20H,4,11-15,22H2,1H3,(H,23,25). The average molecular weight is 337 g/mol. The van der Waals surface area contributed by atoms with E-state index in [-0.39, 0.29) is 5.91 Å². The lowest BCUT2D eigenvalue weighted by molar-refractivity contribution is -0.122. The summed E-state index contributed by atoms with van der Waals surface area (Å²) in [5.74, 6) is -0.104. The van der Waals surface area contributed by atoms with Gasteiger partial charge in [0.1, 0.15) is 6.04 Å². The van der Waals surface area contributed by atoms with Crippen molar-refractivity contribution in [2.45, 2.75) is 32.4 Å². The number of rotatable bonds is 6. The van der Waals surface area contributed by atoms with Crippen molar-refractivity contribution < 1.29 is 4.79 Å². The van der Waals surface area contributed by atoms with Crippen LogP contribution in [0.15, 0.2) is 48.5 Å². The largest absolute Gasteiger partial charge is 0.354 e. The van der Waals surface area contributed by atoms with Crippen molar-refractivity contribution in [2.24, 2.45) is 5.73 Å². The van der Waals surface area contributed by atoms with Crippen LogP contribution in [-0.4, -0.2) is 30.4 Å². The molecule has 0 spiro atoms. The Labute approximate surface area is 150 Å². The highest BCUT2D eigenvalue weighted by Crippen LogP contribution is 2.18. The molecule has 0 radical (unpaired) electrons. The van der Waals surface area contributed by atoms with Gasteiger partial charge < -0.3 is 11.1 Å². The highest BCUT2D eigenvalue weighted by molar-refractivity contribution is 5.82. The van der Waals surface area contributed by atoms with E-state index in [2.05, 4.69) is 34.5 Å². The number of fused-ring (bicyclic) bond motifs is 1. The second-order valence-electron chi connectivity index (χ2n) is 6.83. The molecule has 132 valence electrons. The maximum atomic E-state index is 12.2. The molecule has 1 heterocycles. The Bertz CT molecular complexity index is 711. The Morgan fingerprint density at radius 1 is 1.16 bits per heavy atom. The van der Waals surface area contributed by atoms with Gasteiger partial charge in [-0.15, -0.1) is 0 Å². The molecule has 3 rings (SSSR count). The van der Waals surface area contributed by atoms with Crippen molar-refractivity contribution in [2.75, 3.05) is 19.6 Å². The van der Waals surface area contributed by atoms with Gasteiger partial charge in [0.05, 0.1) is 0 Å². The average Bonchev–Trinajstić information content (AvgIpc) is 2.65. The molecule has 0 saturated heterocycles. The van der Waals surface area contributed by atoms with E-state index in [1.54, 1.807) is 0 Å². The molecule has 4 nitrogen and oxygen atoms in total. The number of aryl methyl sites for hydroxylation is 1. The number of benzene rings is 2. The van der Waals surface area contributed by atoms with E-state index in [0.717, 1.165) is 38.0 Å². The first-order valence-electron chi connectivity index (χ1n) is 9.02. The van der Waals surface area contributed by atoms with Crippen LogP contribution < -0.4 is 11.1 Å². The molecular weight excluding hydrogens is 310 g/mol. The SMILES string of the molecule is Cc1ccc(C(N)C(=O)NCCCN2CCc3ccccc3C2)cc1. The Kier molecular flexibility index (Phi) is 5.84. The summed E-state index contributed by atoms with van der Waals surface area (Å²) in [6.45, 7) is 5.78. The molecule has 4 heteroatoms. The number of amides is 1. The number of hydrogen-bond acceptors (Lipinski definition) is 3. The second kappa shape index (κ2) is 8.28. The molecule has 1 atom stereocenters. The molecule has 2 aromatic carbocycles. The topological polar surface area (TPSA) is 58.4 Å². The van der Waals surface area contributed by atoms with Crippen LogP contribution >= 0.6 is 0 Å². The first-order chi connectivity index (χ1) is 12.1. The van der Waals surface area contributed by atoms with E-state index in [4.69, 9.17) is 5.73 Å². The van der Waals surface area contributed by atoms with E-state index < -0.39 is 6.04 Å². The summed E-state index contributed by atoms with van der Waals surface area (Å²) < 4.78 is 0. The quantitative estimate of drug-likeness (QED) is 0.797. The number of nitrogens with zero attached hydrogens (tertiary/aromatic N) is 1. The second-order valence-corrected chi connectivity index (χ2v) is 6.83. The number of hydrogen-bond donors (Lipinski definition) is 2. The van der Waals surface area contributed by atoms with Gasteiger partial charge >= 0.3 is 0 Å². The highest BCUT2D eigenvalue weighted by atomic mass is 16.2. The fourth-order valence-corrected chi connectivity index (χ4v) is 3.29. The third-order valence-electron chi connectivity index (χ3n) is 4.88. The zero-order chi connectivity index (χ0) is 17.6. The number of carbonyl (C=O) groups excluding carboxylic acids is 1. The van der Waals surface area contributed by atoms with Gasteiger partial charge in [0, 0.05) is 26.2 Å². The molecule has 0 aliphatic carbocycles. The molecule has 0 bridgehead atoms. The Morgan fingerprint density at radius 2 is 1.88 bits per heavy atom. The predicted octanol–water partition coefficient (Wildman–Crippen LogP) is 2.56. The zero-order valence-electron chi connectivity index (χ0n) is 14.9. The molecule has 0 aromatic heterocycles. The van der Waals surface area contributed by atoms with E-state index >= 15 is 0 Å². The molecule has 1 amide bonds. The van der Waals surface area contributed by atoms with Gasteiger partial charge in [0.25, 0.3) is 0 Å². The Balaban J connectivity index is 1.40. The zero-order valence-corrected chi connectivity index (χ0v) is 14.9. The fraction of sp³-hybridized carbons (Fsp3) is 0.381. The third-order valence-corrected chi connectivity index (χ3v) is 4.88. The first-order valence-corrected chi connectivity index (χ1v) is 9.02. The summed E-state index contributed by atoms with van der Waals surface area (Å²) in [6, 6.07) is 15.9. The highest BCUT2D eigenvalue weighted by Gasteiger charge is 2.17. The lowest BCUT2D eigenvalue weighted by Gasteiger charge is -2.28. The first kappa shape index (κ1) is 17.6. The smallest absolute Gasteiger partial charge is 0.241 e. The molecule has 0 fully saturated rings. The predicted molar refractivity (Wildman–Crippen MR) is 101 cm³/mol. The van der Waals surface area contributed by atoms with Crippen LogP contribution in [-0.2, 0) is 17.8 Å². The van der Waals surface area contributed by atoms with Gasteiger partial charge in [-0.2, -0.15) is 0 Å². The maximum Gasteiger partial charge on any atom is 0.241 e. The van der Waals surface area contributed by atoms with Crippen LogP contribution in [0.25, 0.3) is 0 Å². The summed E-state index contributed by atoms with van der Waals surface area (Å²) in [5, 5.41) is 2.96. The van der Waals surface area contributed by atoms with Crippen molar-refractivity contribution >= 4 is 5.91 Å². The molecule has 1 aliphatic rings. The van der Waals surface area contributed by atoms with Crippen molar-refractivity contribution in [3.63, 3.8) is 0 Å². The maximum absolute atomic E-state index is 12.2. The van der Waals surface area contributed by atoms with Crippen LogP contribution in [0.4, 0.5) is 0 Å². The van der Waals surface area contributed by atoms with Gasteiger partial charge in [-0.3, -0.25) is 9.69 Å². The van der Waals surface area contributed by atoms with Crippen LogP contribution in [0.3, 0.4) is 0 Å². The number of carbonyl (C=O) groups is 1. The third kappa shape index (κ3) is 4.68. The van der Waals surface area contributed by atoms with E-state index in [1.807, 2.05) is 31.2 Å². The number of nitrogens with one attached hydrogen (secondary N) is 1. The van der Waals surface area contributed by atoms with Crippen molar-refractivity contribution in [1.82, 2.24) is 10.2 Å². The summed E-state index contributed by atoms with van der Waals surface area (Å²) in [6.07, 6.45) is 2.05. The van der Waals surface area contributed by atoms with Gasteiger partial charge in [-0.25, -0.2) is 0 Å². The van der Waals surface area contributed by atoms with Crippen molar-refractivity contribution in [3.8, 4) is 0 Å². The van der Waals surface area contributed by atoms with Gasteiger partial charge in [0.2, 0.25) is 5.91 Å². The summed E-state index contributed by atoms with van der Waals surface area (Å²) in [5.41, 5.74) is 11.0. The summed E-state index contributed by atoms with van der Waals surface area (Å²) >= 11 is 0. The summed E-state index contributed by atoms with van der Waals surface area (Å²) in [7, 11) is 0. The molecule has 1 unspecified atom stereocenters. The monoisotopic (exact) mass is 337 g/mol. The minimum atomic E-state index is -0.595. The molecule has 2 aromatic rings. The lowest BCUT2D eigenvalue weighted by Crippen LogP contribution is -2.37. The van der Waals surface area contributed by atoms with Crippen LogP contribution in [0.1, 0.15) is 34.7 Å². The molecule has 0 saturated carbocycles. The van der Waals surface area contributed by atoms with E-state index in [9.17, 15) is 4.79 Å². The normalized spacial score (nSPS) is 15.4. The lowest BCUT2D eigenvalue weighted by atomic mass is 10.00. The molecular formula is C21H27N3O. The van der Waals surface area contributed by atoms with Gasteiger partial charge in [-0.05, 0) is 36.5 Å². The van der Waals surface area contributed by atoms with Gasteiger partial charge in [0.15, 0.2) is 0 Å². The Morgan fingerprint density at radius 3 is 2.64 bits per heavy atom. The fourth-order valence-electron chi connectivity index (χ4n) is 3.29. The number of nitrogens with two attached hydrogens (primary N) is 1. The molecule has 1 aliphatic heterocycles. The van der Waals surface area contributed by atoms with Crippen molar-refractivity contribution in [1.29, 1.82) is 0 Å². The molecule has 3 N–H and O–H groups in total. The van der Waals surface area contributed by atoms with Crippen LogP contribution in [0.2, 0.25) is 0 Å². The van der Waals surface area contributed by atoms with Crippen molar-refractivity contribution in [3.05, 3.63) is 70.8 Å².